The summed E-state index contributed by atoms with van der Waals surface area (Å²) in [5.41, 5.74) is 0.704. The van der Waals surface area contributed by atoms with Crippen molar-refractivity contribution in [3.05, 3.63) is 59.1 Å². The molecule has 0 radical (unpaired) electrons. The SMILES string of the molecule is CCCCO[C@@H](Cc1cc(Cl)ccc1Oc1ccccc1)C(=O)O. The largest absolute Gasteiger partial charge is 0.479 e. The number of carboxylic acids is 1. The predicted molar refractivity (Wildman–Crippen MR) is 94.0 cm³/mol. The van der Waals surface area contributed by atoms with E-state index in [0.29, 0.717) is 28.7 Å². The highest BCUT2D eigenvalue weighted by molar-refractivity contribution is 6.30. The van der Waals surface area contributed by atoms with Gasteiger partial charge in [0, 0.05) is 18.1 Å². The fourth-order valence-electron chi connectivity index (χ4n) is 2.21. The summed E-state index contributed by atoms with van der Waals surface area (Å²) >= 11 is 6.07. The van der Waals surface area contributed by atoms with Crippen molar-refractivity contribution in [2.24, 2.45) is 0 Å². The second-order valence-corrected chi connectivity index (χ2v) is 5.86. The van der Waals surface area contributed by atoms with Crippen molar-refractivity contribution < 1.29 is 19.4 Å². The Hall–Kier alpha value is -2.04. The molecule has 5 heteroatoms. The van der Waals surface area contributed by atoms with E-state index in [1.165, 1.54) is 0 Å². The normalized spacial score (nSPS) is 11.9. The highest BCUT2D eigenvalue weighted by atomic mass is 35.5. The number of hydrogen-bond donors (Lipinski definition) is 1. The number of carbonyl (C=O) groups is 1. The molecule has 0 saturated carbocycles. The molecule has 0 heterocycles. The maximum absolute atomic E-state index is 11.5. The van der Waals surface area contributed by atoms with Gasteiger partial charge in [-0.3, -0.25) is 0 Å². The lowest BCUT2D eigenvalue weighted by atomic mass is 10.1. The van der Waals surface area contributed by atoms with Gasteiger partial charge in [-0.15, -0.1) is 0 Å². The molecule has 2 rings (SSSR count). The molecule has 2 aromatic carbocycles. The minimum Gasteiger partial charge on any atom is -0.479 e. The second-order valence-electron chi connectivity index (χ2n) is 5.42. The van der Waals surface area contributed by atoms with Gasteiger partial charge in [-0.1, -0.05) is 43.1 Å². The van der Waals surface area contributed by atoms with Crippen molar-refractivity contribution in [1.82, 2.24) is 0 Å². The lowest BCUT2D eigenvalue weighted by molar-refractivity contribution is -0.150. The van der Waals surface area contributed by atoms with Gasteiger partial charge in [0.25, 0.3) is 0 Å². The molecule has 0 bridgehead atoms. The molecule has 0 aromatic heterocycles. The molecule has 0 aliphatic carbocycles. The van der Waals surface area contributed by atoms with Crippen LogP contribution in [0.2, 0.25) is 5.02 Å². The zero-order chi connectivity index (χ0) is 17.4. The Morgan fingerprint density at radius 1 is 1.21 bits per heavy atom. The Morgan fingerprint density at radius 2 is 1.96 bits per heavy atom. The van der Waals surface area contributed by atoms with Gasteiger partial charge in [-0.2, -0.15) is 0 Å². The quantitative estimate of drug-likeness (QED) is 0.652. The number of unbranched alkanes of at least 4 members (excludes halogenated alkanes) is 1. The highest BCUT2D eigenvalue weighted by Gasteiger charge is 2.21. The fraction of sp³-hybridized carbons (Fsp3) is 0.316. The molecule has 24 heavy (non-hydrogen) atoms. The molecule has 0 unspecified atom stereocenters. The van der Waals surface area contributed by atoms with Crippen LogP contribution < -0.4 is 4.74 Å². The van der Waals surface area contributed by atoms with Gasteiger partial charge in [0.15, 0.2) is 6.10 Å². The average Bonchev–Trinajstić information content (AvgIpc) is 2.57. The van der Waals surface area contributed by atoms with E-state index in [0.717, 1.165) is 12.8 Å². The Balaban J connectivity index is 2.17. The molecule has 0 saturated heterocycles. The maximum atomic E-state index is 11.5. The summed E-state index contributed by atoms with van der Waals surface area (Å²) in [5.74, 6) is 0.271. The molecular formula is C19H21ClO4. The third-order valence-corrected chi connectivity index (χ3v) is 3.73. The third kappa shape index (κ3) is 5.55. The van der Waals surface area contributed by atoms with E-state index in [1.54, 1.807) is 18.2 Å². The summed E-state index contributed by atoms with van der Waals surface area (Å²) in [6.07, 6.45) is 1.05. The summed E-state index contributed by atoms with van der Waals surface area (Å²) in [6.45, 7) is 2.45. The maximum Gasteiger partial charge on any atom is 0.333 e. The number of hydrogen-bond acceptors (Lipinski definition) is 3. The van der Waals surface area contributed by atoms with Gasteiger partial charge in [-0.25, -0.2) is 4.79 Å². The van der Waals surface area contributed by atoms with Crippen LogP contribution in [0.15, 0.2) is 48.5 Å². The monoisotopic (exact) mass is 348 g/mol. The van der Waals surface area contributed by atoms with E-state index in [4.69, 9.17) is 21.1 Å². The first kappa shape index (κ1) is 18.3. The topological polar surface area (TPSA) is 55.8 Å². The zero-order valence-electron chi connectivity index (χ0n) is 13.6. The lowest BCUT2D eigenvalue weighted by Crippen LogP contribution is -2.27. The number of benzene rings is 2. The lowest BCUT2D eigenvalue weighted by Gasteiger charge is -2.17. The van der Waals surface area contributed by atoms with Crippen LogP contribution >= 0.6 is 11.6 Å². The van der Waals surface area contributed by atoms with Crippen LogP contribution in [0.3, 0.4) is 0 Å². The van der Waals surface area contributed by atoms with E-state index in [9.17, 15) is 9.90 Å². The molecule has 4 nitrogen and oxygen atoms in total. The van der Waals surface area contributed by atoms with Crippen LogP contribution in [0.1, 0.15) is 25.3 Å². The Labute approximate surface area is 147 Å². The number of aliphatic carboxylic acids is 1. The number of carboxylic acid groups (broad SMARTS) is 1. The number of rotatable bonds is 9. The van der Waals surface area contributed by atoms with Crippen molar-refractivity contribution in [2.75, 3.05) is 6.61 Å². The molecule has 128 valence electrons. The zero-order valence-corrected chi connectivity index (χ0v) is 14.3. The number of para-hydroxylation sites is 1. The first-order chi connectivity index (χ1) is 11.6. The molecule has 0 aliphatic rings. The van der Waals surface area contributed by atoms with Gasteiger partial charge in [0.1, 0.15) is 11.5 Å². The van der Waals surface area contributed by atoms with E-state index in [2.05, 4.69) is 0 Å². The minimum atomic E-state index is -0.989. The standard InChI is InChI=1S/C19H21ClO4/c1-2-3-11-23-18(19(21)22)13-14-12-15(20)9-10-17(14)24-16-7-5-4-6-8-16/h4-10,12,18H,2-3,11,13H2,1H3,(H,21,22)/t18-/m0/s1. The van der Waals surface area contributed by atoms with Crippen molar-refractivity contribution >= 4 is 17.6 Å². The van der Waals surface area contributed by atoms with Crippen molar-refractivity contribution in [3.63, 3.8) is 0 Å². The van der Waals surface area contributed by atoms with Crippen LogP contribution in [0, 0.1) is 0 Å². The molecule has 0 amide bonds. The first-order valence-electron chi connectivity index (χ1n) is 7.96. The molecule has 0 aliphatic heterocycles. The summed E-state index contributed by atoms with van der Waals surface area (Å²) in [6, 6.07) is 14.5. The molecule has 1 N–H and O–H groups in total. The van der Waals surface area contributed by atoms with Gasteiger partial charge in [-0.05, 0) is 42.3 Å². The second kappa shape index (κ2) is 9.30. The Kier molecular flexibility index (Phi) is 7.09. The predicted octanol–water partition coefficient (Wildman–Crippen LogP) is 4.94. The summed E-state index contributed by atoms with van der Waals surface area (Å²) < 4.78 is 11.4. The Morgan fingerprint density at radius 3 is 2.62 bits per heavy atom. The van der Waals surface area contributed by atoms with Crippen LogP contribution in [0.4, 0.5) is 0 Å². The minimum absolute atomic E-state index is 0.196. The average molecular weight is 349 g/mol. The van der Waals surface area contributed by atoms with E-state index < -0.39 is 12.1 Å². The van der Waals surface area contributed by atoms with Gasteiger partial charge < -0.3 is 14.6 Å². The highest BCUT2D eigenvalue weighted by Crippen LogP contribution is 2.29. The fourth-order valence-corrected chi connectivity index (χ4v) is 2.40. The summed E-state index contributed by atoms with van der Waals surface area (Å²) in [7, 11) is 0. The molecule has 0 fully saturated rings. The van der Waals surface area contributed by atoms with E-state index in [1.807, 2.05) is 37.3 Å². The van der Waals surface area contributed by atoms with E-state index in [-0.39, 0.29) is 6.42 Å². The van der Waals surface area contributed by atoms with Crippen molar-refractivity contribution in [2.45, 2.75) is 32.3 Å². The molecule has 1 atom stereocenters. The van der Waals surface area contributed by atoms with Crippen LogP contribution in [-0.4, -0.2) is 23.8 Å². The van der Waals surface area contributed by atoms with Gasteiger partial charge in [0.05, 0.1) is 0 Å². The smallest absolute Gasteiger partial charge is 0.333 e. The molecule has 2 aromatic rings. The van der Waals surface area contributed by atoms with Crippen LogP contribution in [-0.2, 0) is 16.0 Å². The van der Waals surface area contributed by atoms with Gasteiger partial charge in [0.2, 0.25) is 0 Å². The first-order valence-corrected chi connectivity index (χ1v) is 8.33. The molecule has 0 spiro atoms. The van der Waals surface area contributed by atoms with Gasteiger partial charge >= 0.3 is 5.97 Å². The third-order valence-electron chi connectivity index (χ3n) is 3.49. The number of ether oxygens (including phenoxy) is 2. The molecular weight excluding hydrogens is 328 g/mol. The van der Waals surface area contributed by atoms with Crippen LogP contribution in [0.5, 0.6) is 11.5 Å². The Bertz CT molecular complexity index is 658. The van der Waals surface area contributed by atoms with E-state index >= 15 is 0 Å². The van der Waals surface area contributed by atoms with Crippen LogP contribution in [0.25, 0.3) is 0 Å². The number of halogens is 1. The summed E-state index contributed by atoms with van der Waals surface area (Å²) in [4.78, 5) is 11.5. The summed E-state index contributed by atoms with van der Waals surface area (Å²) in [5, 5.41) is 9.92. The van der Waals surface area contributed by atoms with Crippen molar-refractivity contribution in [3.8, 4) is 11.5 Å². The van der Waals surface area contributed by atoms with Crippen molar-refractivity contribution in [1.29, 1.82) is 0 Å².